The molecule has 2 heterocycles. The van der Waals surface area contributed by atoms with Gasteiger partial charge in [0.1, 0.15) is 10.6 Å². The SMILES string of the molecule is COC(=O)c1sc(N2C(=O)C(=O)/C(=C(\O)c3ccc(Cl)cc3)C2c2ccc(Br)cc2)nc1C. The van der Waals surface area contributed by atoms with Gasteiger partial charge in [-0.1, -0.05) is 51.0 Å². The zero-order valence-corrected chi connectivity index (χ0v) is 20.5. The first-order valence-electron chi connectivity index (χ1n) is 9.61. The Kier molecular flexibility index (Phi) is 6.38. The Labute approximate surface area is 206 Å². The van der Waals surface area contributed by atoms with Crippen LogP contribution < -0.4 is 4.90 Å². The van der Waals surface area contributed by atoms with Gasteiger partial charge in [0.2, 0.25) is 0 Å². The lowest BCUT2D eigenvalue weighted by Gasteiger charge is -2.23. The minimum absolute atomic E-state index is 0.0860. The van der Waals surface area contributed by atoms with Crippen LogP contribution in [0.15, 0.2) is 58.6 Å². The number of thiazole rings is 1. The number of hydrogen-bond donors (Lipinski definition) is 1. The molecule has 4 rings (SSSR count). The van der Waals surface area contributed by atoms with Gasteiger partial charge in [0.25, 0.3) is 5.78 Å². The number of ether oxygens (including phenoxy) is 1. The van der Waals surface area contributed by atoms with Gasteiger partial charge in [0.05, 0.1) is 24.4 Å². The molecule has 3 aromatic rings. The van der Waals surface area contributed by atoms with Crippen LogP contribution in [0.5, 0.6) is 0 Å². The summed E-state index contributed by atoms with van der Waals surface area (Å²) < 4.78 is 5.59. The lowest BCUT2D eigenvalue weighted by molar-refractivity contribution is -0.132. The van der Waals surface area contributed by atoms with Crippen LogP contribution in [0.1, 0.15) is 32.5 Å². The quantitative estimate of drug-likeness (QED) is 0.207. The van der Waals surface area contributed by atoms with E-state index in [9.17, 15) is 19.5 Å². The van der Waals surface area contributed by atoms with E-state index in [-0.39, 0.29) is 21.3 Å². The summed E-state index contributed by atoms with van der Waals surface area (Å²) in [6.07, 6.45) is 0. The predicted molar refractivity (Wildman–Crippen MR) is 129 cm³/mol. The fourth-order valence-corrected chi connectivity index (χ4v) is 4.92. The number of benzene rings is 2. The molecule has 7 nitrogen and oxygen atoms in total. The van der Waals surface area contributed by atoms with Gasteiger partial charge >= 0.3 is 11.9 Å². The van der Waals surface area contributed by atoms with Gasteiger partial charge < -0.3 is 9.84 Å². The average molecular weight is 548 g/mol. The van der Waals surface area contributed by atoms with Crippen LogP contribution in [-0.2, 0) is 14.3 Å². The molecule has 1 amide bonds. The van der Waals surface area contributed by atoms with Crippen molar-refractivity contribution in [2.45, 2.75) is 13.0 Å². The molecule has 1 unspecified atom stereocenters. The molecule has 2 aromatic carbocycles. The molecule has 0 aliphatic carbocycles. The van der Waals surface area contributed by atoms with Crippen molar-refractivity contribution in [3.05, 3.63) is 85.3 Å². The number of nitrogens with zero attached hydrogens (tertiary/aromatic N) is 2. The molecule has 0 bridgehead atoms. The average Bonchev–Trinajstić information content (AvgIpc) is 3.31. The number of carbonyl (C=O) groups excluding carboxylic acids is 3. The number of methoxy groups -OCH3 is 1. The number of aryl methyl sites for hydroxylation is 1. The molecule has 0 spiro atoms. The number of Topliss-reactive ketones (excluding diaryl/α,β-unsaturated/α-hetero) is 1. The largest absolute Gasteiger partial charge is 0.507 e. The van der Waals surface area contributed by atoms with Crippen LogP contribution in [0.2, 0.25) is 5.02 Å². The highest BCUT2D eigenvalue weighted by Gasteiger charge is 2.48. The molecule has 168 valence electrons. The molecule has 0 saturated carbocycles. The lowest BCUT2D eigenvalue weighted by Crippen LogP contribution is -2.29. The number of aliphatic hydroxyl groups excluding tert-OH is 1. The maximum Gasteiger partial charge on any atom is 0.350 e. The third-order valence-corrected chi connectivity index (χ3v) is 7.03. The minimum Gasteiger partial charge on any atom is -0.507 e. The summed E-state index contributed by atoms with van der Waals surface area (Å²) in [5, 5.41) is 11.7. The van der Waals surface area contributed by atoms with Crippen LogP contribution in [0.4, 0.5) is 5.13 Å². The van der Waals surface area contributed by atoms with Crippen molar-refractivity contribution in [2.75, 3.05) is 12.0 Å². The zero-order valence-electron chi connectivity index (χ0n) is 17.3. The van der Waals surface area contributed by atoms with Crippen molar-refractivity contribution in [1.29, 1.82) is 0 Å². The normalized spacial score (nSPS) is 17.5. The van der Waals surface area contributed by atoms with Crippen LogP contribution in [0.3, 0.4) is 0 Å². The summed E-state index contributed by atoms with van der Waals surface area (Å²) in [5.41, 5.74) is 1.21. The highest BCUT2D eigenvalue weighted by Crippen LogP contribution is 2.44. The van der Waals surface area contributed by atoms with Crippen molar-refractivity contribution < 1.29 is 24.2 Å². The van der Waals surface area contributed by atoms with Gasteiger partial charge in [-0.15, -0.1) is 0 Å². The number of rotatable bonds is 4. The number of hydrogen-bond acceptors (Lipinski definition) is 7. The molecule has 1 atom stereocenters. The van der Waals surface area contributed by atoms with Crippen LogP contribution in [0.25, 0.3) is 5.76 Å². The molecule has 33 heavy (non-hydrogen) atoms. The maximum atomic E-state index is 13.2. The van der Waals surface area contributed by atoms with E-state index in [1.807, 2.05) is 0 Å². The highest BCUT2D eigenvalue weighted by molar-refractivity contribution is 9.10. The molecular formula is C23H16BrClN2O5S. The Bertz CT molecular complexity index is 1300. The van der Waals surface area contributed by atoms with Crippen molar-refractivity contribution in [3.8, 4) is 0 Å². The Hall–Kier alpha value is -3.01. The third-order valence-electron chi connectivity index (χ3n) is 5.11. The minimum atomic E-state index is -0.954. The Morgan fingerprint density at radius 2 is 1.79 bits per heavy atom. The Balaban J connectivity index is 1.93. The molecule has 1 N–H and O–H groups in total. The molecule has 0 radical (unpaired) electrons. The molecule has 1 saturated heterocycles. The van der Waals surface area contributed by atoms with E-state index in [2.05, 4.69) is 20.9 Å². The maximum absolute atomic E-state index is 13.2. The first kappa shape index (κ1) is 23.2. The molecule has 1 aromatic heterocycles. The number of amides is 1. The number of halogens is 2. The summed E-state index contributed by atoms with van der Waals surface area (Å²) >= 11 is 10.3. The van der Waals surface area contributed by atoms with Gasteiger partial charge in [0, 0.05) is 15.1 Å². The summed E-state index contributed by atoms with van der Waals surface area (Å²) in [4.78, 5) is 44.2. The summed E-state index contributed by atoms with van der Waals surface area (Å²) in [7, 11) is 1.25. The van der Waals surface area contributed by atoms with Crippen molar-refractivity contribution in [1.82, 2.24) is 4.98 Å². The van der Waals surface area contributed by atoms with E-state index in [1.165, 1.54) is 12.0 Å². The topological polar surface area (TPSA) is 96.8 Å². The van der Waals surface area contributed by atoms with E-state index >= 15 is 0 Å². The first-order valence-corrected chi connectivity index (χ1v) is 11.6. The van der Waals surface area contributed by atoms with Crippen LogP contribution >= 0.6 is 38.9 Å². The molecular weight excluding hydrogens is 532 g/mol. The monoisotopic (exact) mass is 546 g/mol. The van der Waals surface area contributed by atoms with Crippen LogP contribution in [-0.4, -0.2) is 34.9 Å². The van der Waals surface area contributed by atoms with E-state index < -0.39 is 23.7 Å². The third kappa shape index (κ3) is 4.19. The summed E-state index contributed by atoms with van der Waals surface area (Å²) in [5.74, 6) is -2.64. The number of esters is 1. The van der Waals surface area contributed by atoms with E-state index in [0.717, 1.165) is 15.8 Å². The van der Waals surface area contributed by atoms with Gasteiger partial charge in [-0.3, -0.25) is 14.5 Å². The number of aliphatic hydroxyl groups is 1. The molecule has 1 aliphatic rings. The second-order valence-corrected chi connectivity index (χ2v) is 9.46. The first-order chi connectivity index (χ1) is 15.7. The summed E-state index contributed by atoms with van der Waals surface area (Å²) in [6, 6.07) is 12.3. The lowest BCUT2D eigenvalue weighted by atomic mass is 9.95. The van der Waals surface area contributed by atoms with E-state index in [0.29, 0.717) is 21.8 Å². The molecule has 1 aliphatic heterocycles. The fraction of sp³-hybridized carbons (Fsp3) is 0.130. The van der Waals surface area contributed by atoms with Gasteiger partial charge in [-0.25, -0.2) is 9.78 Å². The van der Waals surface area contributed by atoms with Crippen LogP contribution in [0, 0.1) is 6.92 Å². The number of anilines is 1. The Morgan fingerprint density at radius 3 is 2.39 bits per heavy atom. The second-order valence-electron chi connectivity index (χ2n) is 7.13. The van der Waals surface area contributed by atoms with Crippen molar-refractivity contribution in [3.63, 3.8) is 0 Å². The highest BCUT2D eigenvalue weighted by atomic mass is 79.9. The van der Waals surface area contributed by atoms with Gasteiger partial charge in [-0.2, -0.15) is 0 Å². The van der Waals surface area contributed by atoms with Crippen molar-refractivity contribution in [2.24, 2.45) is 0 Å². The number of aromatic nitrogens is 1. The molecule has 1 fully saturated rings. The van der Waals surface area contributed by atoms with Crippen molar-refractivity contribution >= 4 is 67.4 Å². The predicted octanol–water partition coefficient (Wildman–Crippen LogP) is 5.28. The van der Waals surface area contributed by atoms with E-state index in [1.54, 1.807) is 55.5 Å². The van der Waals surface area contributed by atoms with Gasteiger partial charge in [0.15, 0.2) is 5.13 Å². The zero-order chi connectivity index (χ0) is 23.9. The number of ketones is 1. The Morgan fingerprint density at radius 1 is 1.15 bits per heavy atom. The fourth-order valence-electron chi connectivity index (χ4n) is 3.52. The standard InChI is InChI=1S/C23H16BrClN2O5S/c1-11-20(22(31)32-2)33-23(26-11)27-17(12-3-7-14(24)8-4-12)16(19(29)21(27)30)18(28)13-5-9-15(25)10-6-13/h3-10,17,28H,1-2H3/b18-16-. The smallest absolute Gasteiger partial charge is 0.350 e. The molecule has 10 heteroatoms. The van der Waals surface area contributed by atoms with Gasteiger partial charge in [-0.05, 0) is 48.9 Å². The van der Waals surface area contributed by atoms with E-state index in [4.69, 9.17) is 16.3 Å². The number of carbonyl (C=O) groups is 3. The second kappa shape index (κ2) is 9.09. The summed E-state index contributed by atoms with van der Waals surface area (Å²) in [6.45, 7) is 1.62.